The molecule has 1 saturated heterocycles. The molecule has 1 aromatic carbocycles. The van der Waals surface area contributed by atoms with Crippen LogP contribution < -0.4 is 5.32 Å². The molecule has 0 amide bonds. The van der Waals surface area contributed by atoms with Crippen LogP contribution >= 0.6 is 39.9 Å². The lowest BCUT2D eigenvalue weighted by atomic mass is 10.1. The Bertz CT molecular complexity index is 374. The van der Waals surface area contributed by atoms with Crippen molar-refractivity contribution in [1.82, 2.24) is 10.2 Å². The van der Waals surface area contributed by atoms with Crippen LogP contribution in [0, 0.1) is 0 Å². The Labute approximate surface area is 122 Å². The molecule has 5 heteroatoms. The topological polar surface area (TPSA) is 15.3 Å². The van der Waals surface area contributed by atoms with Crippen molar-refractivity contribution in [3.05, 3.63) is 33.3 Å². The summed E-state index contributed by atoms with van der Waals surface area (Å²) in [4.78, 5) is 2.46. The van der Waals surface area contributed by atoms with Crippen molar-refractivity contribution in [1.29, 1.82) is 0 Å². The van der Waals surface area contributed by atoms with Gasteiger partial charge in [0.05, 0.1) is 0 Å². The van der Waals surface area contributed by atoms with E-state index in [0.717, 1.165) is 35.7 Å². The van der Waals surface area contributed by atoms with Crippen LogP contribution in [-0.4, -0.2) is 30.6 Å². The minimum Gasteiger partial charge on any atom is -0.314 e. The van der Waals surface area contributed by atoms with Crippen LogP contribution in [0.15, 0.2) is 22.7 Å². The molecule has 1 heterocycles. The lowest BCUT2D eigenvalue weighted by Crippen LogP contribution is -2.49. The standard InChI is InChI=1S/C12H16BrClN2.ClH/c1-9-7-15-4-5-16(9)8-10-2-3-11(13)6-12(10)14;/h2-3,6,9,15H,4-5,7-8H2,1H3;1H/t9-;/m0./s1. The van der Waals surface area contributed by atoms with E-state index in [-0.39, 0.29) is 12.4 Å². The second kappa shape index (κ2) is 6.95. The van der Waals surface area contributed by atoms with E-state index in [9.17, 15) is 0 Å². The van der Waals surface area contributed by atoms with Gasteiger partial charge >= 0.3 is 0 Å². The van der Waals surface area contributed by atoms with Crippen LogP contribution in [0.25, 0.3) is 0 Å². The van der Waals surface area contributed by atoms with E-state index < -0.39 is 0 Å². The summed E-state index contributed by atoms with van der Waals surface area (Å²) < 4.78 is 1.04. The minimum absolute atomic E-state index is 0. The molecule has 2 rings (SSSR count). The Morgan fingerprint density at radius 1 is 1.53 bits per heavy atom. The van der Waals surface area contributed by atoms with Crippen molar-refractivity contribution in [2.24, 2.45) is 0 Å². The van der Waals surface area contributed by atoms with Gasteiger partial charge in [-0.1, -0.05) is 33.6 Å². The molecule has 2 nitrogen and oxygen atoms in total. The van der Waals surface area contributed by atoms with E-state index in [1.807, 2.05) is 12.1 Å². The average Bonchev–Trinajstić information content (AvgIpc) is 2.25. The first kappa shape index (κ1) is 15.3. The largest absolute Gasteiger partial charge is 0.314 e. The maximum Gasteiger partial charge on any atom is 0.0462 e. The van der Waals surface area contributed by atoms with E-state index in [1.165, 1.54) is 5.56 Å². The van der Waals surface area contributed by atoms with Gasteiger partial charge in [-0.15, -0.1) is 12.4 Å². The Balaban J connectivity index is 0.00000144. The molecule has 0 aromatic heterocycles. The zero-order valence-corrected chi connectivity index (χ0v) is 12.9. The third kappa shape index (κ3) is 4.11. The molecule has 17 heavy (non-hydrogen) atoms. The van der Waals surface area contributed by atoms with Crippen LogP contribution in [0.5, 0.6) is 0 Å². The van der Waals surface area contributed by atoms with Crippen molar-refractivity contribution in [2.45, 2.75) is 19.5 Å². The third-order valence-electron chi connectivity index (χ3n) is 3.03. The molecular formula is C12H17BrCl2N2. The quantitative estimate of drug-likeness (QED) is 0.889. The van der Waals surface area contributed by atoms with Gasteiger partial charge in [0.1, 0.15) is 0 Å². The second-order valence-electron chi connectivity index (χ2n) is 4.26. The first-order valence-corrected chi connectivity index (χ1v) is 6.72. The Hall–Kier alpha value is 0.200. The summed E-state index contributed by atoms with van der Waals surface area (Å²) in [5.74, 6) is 0. The summed E-state index contributed by atoms with van der Waals surface area (Å²) in [6.45, 7) is 6.41. The molecule has 0 aliphatic carbocycles. The monoisotopic (exact) mass is 338 g/mol. The van der Waals surface area contributed by atoms with Gasteiger partial charge in [-0.2, -0.15) is 0 Å². The highest BCUT2D eigenvalue weighted by Crippen LogP contribution is 2.23. The SMILES string of the molecule is C[C@H]1CNCCN1Cc1ccc(Br)cc1Cl.Cl. The van der Waals surface area contributed by atoms with E-state index in [2.05, 4.69) is 39.1 Å². The smallest absolute Gasteiger partial charge is 0.0462 e. The summed E-state index contributed by atoms with van der Waals surface area (Å²) in [5, 5.41) is 4.24. The summed E-state index contributed by atoms with van der Waals surface area (Å²) >= 11 is 9.65. The first-order chi connectivity index (χ1) is 7.66. The van der Waals surface area contributed by atoms with Gasteiger partial charge in [-0.3, -0.25) is 4.90 Å². The number of nitrogens with one attached hydrogen (secondary N) is 1. The molecule has 1 N–H and O–H groups in total. The summed E-state index contributed by atoms with van der Waals surface area (Å²) in [5.41, 5.74) is 1.21. The zero-order valence-electron chi connectivity index (χ0n) is 9.75. The molecule has 96 valence electrons. The van der Waals surface area contributed by atoms with Crippen molar-refractivity contribution >= 4 is 39.9 Å². The molecule has 0 unspecified atom stereocenters. The van der Waals surface area contributed by atoms with Crippen molar-refractivity contribution in [3.8, 4) is 0 Å². The van der Waals surface area contributed by atoms with E-state index in [0.29, 0.717) is 6.04 Å². The van der Waals surface area contributed by atoms with Crippen molar-refractivity contribution in [2.75, 3.05) is 19.6 Å². The first-order valence-electron chi connectivity index (χ1n) is 5.55. The van der Waals surface area contributed by atoms with E-state index in [4.69, 9.17) is 11.6 Å². The summed E-state index contributed by atoms with van der Waals surface area (Å²) in [6.07, 6.45) is 0. The third-order valence-corrected chi connectivity index (χ3v) is 3.87. The van der Waals surface area contributed by atoms with Gasteiger partial charge < -0.3 is 5.32 Å². The van der Waals surface area contributed by atoms with Crippen molar-refractivity contribution in [3.63, 3.8) is 0 Å². The maximum atomic E-state index is 6.22. The van der Waals surface area contributed by atoms with E-state index in [1.54, 1.807) is 0 Å². The Morgan fingerprint density at radius 2 is 2.29 bits per heavy atom. The van der Waals surface area contributed by atoms with Gasteiger partial charge in [0.25, 0.3) is 0 Å². The molecule has 0 saturated carbocycles. The number of nitrogens with zero attached hydrogens (tertiary/aromatic N) is 1. The minimum atomic E-state index is 0. The molecule has 0 radical (unpaired) electrons. The van der Waals surface area contributed by atoms with Crippen molar-refractivity contribution < 1.29 is 0 Å². The van der Waals surface area contributed by atoms with Gasteiger partial charge in [0.2, 0.25) is 0 Å². The van der Waals surface area contributed by atoms with Crippen LogP contribution in [0.1, 0.15) is 12.5 Å². The Kier molecular flexibility index (Phi) is 6.24. The maximum absolute atomic E-state index is 6.22. The molecule has 1 aromatic rings. The summed E-state index contributed by atoms with van der Waals surface area (Å²) in [7, 11) is 0. The molecule has 1 aliphatic heterocycles. The van der Waals surface area contributed by atoms with Gasteiger partial charge in [0.15, 0.2) is 0 Å². The zero-order chi connectivity index (χ0) is 11.5. The number of rotatable bonds is 2. The van der Waals surface area contributed by atoms with Gasteiger partial charge in [0, 0.05) is 41.7 Å². The fourth-order valence-electron chi connectivity index (χ4n) is 1.99. The molecular weight excluding hydrogens is 323 g/mol. The lowest BCUT2D eigenvalue weighted by molar-refractivity contribution is 0.165. The molecule has 1 atom stereocenters. The number of halogens is 3. The second-order valence-corrected chi connectivity index (χ2v) is 5.58. The normalized spacial score (nSPS) is 21.0. The number of piperazine rings is 1. The fourth-order valence-corrected chi connectivity index (χ4v) is 2.72. The Morgan fingerprint density at radius 3 is 2.94 bits per heavy atom. The van der Waals surface area contributed by atoms with Crippen LogP contribution in [0.3, 0.4) is 0 Å². The van der Waals surface area contributed by atoms with Crippen LogP contribution in [0.2, 0.25) is 5.02 Å². The predicted octanol–water partition coefficient (Wildman–Crippen LogP) is 3.32. The van der Waals surface area contributed by atoms with Gasteiger partial charge in [-0.05, 0) is 24.6 Å². The molecule has 1 fully saturated rings. The number of benzene rings is 1. The molecule has 0 bridgehead atoms. The van der Waals surface area contributed by atoms with Gasteiger partial charge in [-0.25, -0.2) is 0 Å². The molecule has 1 aliphatic rings. The van der Waals surface area contributed by atoms with Crippen LogP contribution in [0.4, 0.5) is 0 Å². The highest BCUT2D eigenvalue weighted by atomic mass is 79.9. The van der Waals surface area contributed by atoms with Crippen LogP contribution in [-0.2, 0) is 6.54 Å². The predicted molar refractivity (Wildman–Crippen MR) is 79.1 cm³/mol. The highest BCUT2D eigenvalue weighted by Gasteiger charge is 2.18. The average molecular weight is 340 g/mol. The number of hydrogen-bond acceptors (Lipinski definition) is 2. The number of hydrogen-bond donors (Lipinski definition) is 1. The lowest BCUT2D eigenvalue weighted by Gasteiger charge is -2.34. The van der Waals surface area contributed by atoms with E-state index >= 15 is 0 Å². The molecule has 0 spiro atoms. The highest BCUT2D eigenvalue weighted by molar-refractivity contribution is 9.10. The fraction of sp³-hybridized carbons (Fsp3) is 0.500. The summed E-state index contributed by atoms with van der Waals surface area (Å²) in [6, 6.07) is 6.69.